The highest BCUT2D eigenvalue weighted by Crippen LogP contribution is 2.35. The van der Waals surface area contributed by atoms with Gasteiger partial charge in [0.05, 0.1) is 6.54 Å². The fraction of sp³-hybridized carbons (Fsp3) is 0.111. The number of nitrogens with two attached hydrogens (primary N) is 2. The minimum Gasteiger partial charge on any atom is -0.370 e. The summed E-state index contributed by atoms with van der Waals surface area (Å²) in [4.78, 5) is 21.0. The van der Waals surface area contributed by atoms with E-state index in [0.717, 1.165) is 5.56 Å². The molecule has 98 valence electrons. The number of rotatable bonds is 3. The van der Waals surface area contributed by atoms with Crippen molar-refractivity contribution in [3.8, 4) is 0 Å². The van der Waals surface area contributed by atoms with Crippen LogP contribution in [-0.2, 0) is 11.1 Å². The molecular weight excluding hydrogens is 257 g/mol. The van der Waals surface area contributed by atoms with E-state index < -0.39 is 13.7 Å². The van der Waals surface area contributed by atoms with E-state index in [2.05, 4.69) is 15.1 Å². The zero-order valence-corrected chi connectivity index (χ0v) is 10.3. The average molecular weight is 271 g/mol. The van der Waals surface area contributed by atoms with Gasteiger partial charge in [-0.2, -0.15) is 0 Å². The zero-order chi connectivity index (χ0) is 13.6. The number of hydrogen-bond donors (Lipinski definition) is 5. The van der Waals surface area contributed by atoms with Crippen molar-refractivity contribution in [3.63, 3.8) is 0 Å². The van der Waals surface area contributed by atoms with Crippen molar-refractivity contribution in [3.05, 3.63) is 35.9 Å². The molecule has 0 saturated carbocycles. The predicted molar refractivity (Wildman–Crippen MR) is 68.6 cm³/mol. The standard InChI is InChI=1S/C9H14N5O3P/c10-8(13-9(11)14-18(15,16)17)12-6-7-4-2-1-3-5-7/h1-5H,6H2,(H7,10,11,12,13,14,15,16,17). The van der Waals surface area contributed by atoms with Gasteiger partial charge in [0, 0.05) is 0 Å². The van der Waals surface area contributed by atoms with E-state index >= 15 is 0 Å². The Bertz CT molecular complexity index is 496. The average Bonchev–Trinajstić information content (AvgIpc) is 2.25. The minimum absolute atomic E-state index is 0.0754. The Labute approximate surface area is 104 Å². The molecule has 1 aromatic rings. The first kappa shape index (κ1) is 14.2. The Kier molecular flexibility index (Phi) is 4.85. The molecule has 0 aliphatic carbocycles. The quantitative estimate of drug-likeness (QED) is 0.284. The lowest BCUT2D eigenvalue weighted by atomic mass is 10.2. The first-order valence-electron chi connectivity index (χ1n) is 4.89. The van der Waals surface area contributed by atoms with Gasteiger partial charge < -0.3 is 21.3 Å². The Morgan fingerprint density at radius 2 is 1.83 bits per heavy atom. The van der Waals surface area contributed by atoms with Crippen LogP contribution in [0.5, 0.6) is 0 Å². The summed E-state index contributed by atoms with van der Waals surface area (Å²) in [5.41, 5.74) is 11.6. The molecular formula is C9H14N5O3P. The molecule has 0 aromatic heterocycles. The number of nitrogens with one attached hydrogen (secondary N) is 1. The largest absolute Gasteiger partial charge is 0.451 e. The first-order chi connectivity index (χ1) is 8.37. The number of benzene rings is 1. The summed E-state index contributed by atoms with van der Waals surface area (Å²) in [6.07, 6.45) is 0. The molecule has 1 aromatic carbocycles. The summed E-state index contributed by atoms with van der Waals surface area (Å²) < 4.78 is 13.4. The fourth-order valence-corrected chi connectivity index (χ4v) is 1.43. The summed E-state index contributed by atoms with van der Waals surface area (Å²) in [7, 11) is -4.57. The second-order valence-electron chi connectivity index (χ2n) is 3.31. The van der Waals surface area contributed by atoms with Gasteiger partial charge in [0.25, 0.3) is 0 Å². The molecule has 0 atom stereocenters. The SMILES string of the molecule is NC(=NCc1ccccc1)NC(N)=NP(=O)(O)O. The lowest BCUT2D eigenvalue weighted by molar-refractivity contribution is 0.375. The van der Waals surface area contributed by atoms with Crippen LogP contribution in [0.4, 0.5) is 0 Å². The van der Waals surface area contributed by atoms with E-state index in [1.54, 1.807) is 0 Å². The van der Waals surface area contributed by atoms with Crippen molar-refractivity contribution in [1.82, 2.24) is 5.32 Å². The van der Waals surface area contributed by atoms with E-state index in [4.69, 9.17) is 21.3 Å². The third kappa shape index (κ3) is 6.00. The summed E-state index contributed by atoms with van der Waals surface area (Å²) in [6.45, 7) is 0.322. The van der Waals surface area contributed by atoms with E-state index in [1.807, 2.05) is 30.3 Å². The highest BCUT2D eigenvalue weighted by Gasteiger charge is 2.11. The van der Waals surface area contributed by atoms with Gasteiger partial charge in [0.1, 0.15) is 0 Å². The molecule has 9 heteroatoms. The van der Waals surface area contributed by atoms with Crippen molar-refractivity contribution in [2.45, 2.75) is 6.54 Å². The van der Waals surface area contributed by atoms with Crippen molar-refractivity contribution in [1.29, 1.82) is 0 Å². The van der Waals surface area contributed by atoms with E-state index in [-0.39, 0.29) is 5.96 Å². The maximum atomic E-state index is 10.5. The highest BCUT2D eigenvalue weighted by molar-refractivity contribution is 7.50. The van der Waals surface area contributed by atoms with Gasteiger partial charge in [0.2, 0.25) is 5.96 Å². The van der Waals surface area contributed by atoms with Gasteiger partial charge >= 0.3 is 7.75 Å². The molecule has 1 rings (SSSR count). The Hall–Kier alpha value is -1.89. The zero-order valence-electron chi connectivity index (χ0n) is 9.39. The van der Waals surface area contributed by atoms with Crippen LogP contribution in [0, 0.1) is 0 Å². The van der Waals surface area contributed by atoms with Crippen molar-refractivity contribution in [2.24, 2.45) is 21.2 Å². The van der Waals surface area contributed by atoms with Crippen LogP contribution < -0.4 is 16.8 Å². The second kappa shape index (κ2) is 6.15. The van der Waals surface area contributed by atoms with Crippen LogP contribution in [0.1, 0.15) is 5.56 Å². The van der Waals surface area contributed by atoms with Crippen molar-refractivity contribution in [2.75, 3.05) is 0 Å². The monoisotopic (exact) mass is 271 g/mol. The predicted octanol–water partition coefficient (Wildman–Crippen LogP) is -0.502. The van der Waals surface area contributed by atoms with E-state index in [1.165, 1.54) is 0 Å². The number of guanidine groups is 2. The van der Waals surface area contributed by atoms with Crippen LogP contribution in [0.2, 0.25) is 0 Å². The number of nitrogens with zero attached hydrogens (tertiary/aromatic N) is 2. The smallest absolute Gasteiger partial charge is 0.370 e. The highest BCUT2D eigenvalue weighted by atomic mass is 31.2. The van der Waals surface area contributed by atoms with Crippen molar-refractivity contribution >= 4 is 19.7 Å². The topological polar surface area (TPSA) is 146 Å². The molecule has 0 spiro atoms. The van der Waals surface area contributed by atoms with Gasteiger partial charge in [0.15, 0.2) is 5.96 Å². The fourth-order valence-electron chi connectivity index (χ4n) is 1.10. The van der Waals surface area contributed by atoms with Crippen LogP contribution in [0.15, 0.2) is 40.1 Å². The molecule has 7 N–H and O–H groups in total. The molecule has 0 amide bonds. The lowest BCUT2D eigenvalue weighted by Crippen LogP contribution is -2.41. The first-order valence-corrected chi connectivity index (χ1v) is 6.45. The van der Waals surface area contributed by atoms with Crippen LogP contribution >= 0.6 is 7.75 Å². The van der Waals surface area contributed by atoms with Crippen molar-refractivity contribution < 1.29 is 14.4 Å². The molecule has 0 radical (unpaired) electrons. The van der Waals surface area contributed by atoms with Crippen LogP contribution in [0.25, 0.3) is 0 Å². The molecule has 0 bridgehead atoms. The van der Waals surface area contributed by atoms with Crippen LogP contribution in [0.3, 0.4) is 0 Å². The minimum atomic E-state index is -4.57. The Morgan fingerprint density at radius 3 is 2.39 bits per heavy atom. The Balaban J connectivity index is 2.58. The number of aliphatic imine (C=N–C) groups is 1. The summed E-state index contributed by atoms with van der Waals surface area (Å²) in [5.74, 6) is -0.564. The molecule has 0 fully saturated rings. The van der Waals surface area contributed by atoms with Crippen LogP contribution in [-0.4, -0.2) is 21.7 Å². The van der Waals surface area contributed by atoms with Gasteiger partial charge in [-0.15, -0.1) is 4.76 Å². The van der Waals surface area contributed by atoms with Gasteiger partial charge in [-0.25, -0.2) is 9.56 Å². The normalized spacial score (nSPS) is 13.4. The van der Waals surface area contributed by atoms with E-state index in [9.17, 15) is 4.57 Å². The Morgan fingerprint density at radius 1 is 1.22 bits per heavy atom. The maximum absolute atomic E-state index is 10.5. The van der Waals surface area contributed by atoms with Gasteiger partial charge in [-0.05, 0) is 5.56 Å². The van der Waals surface area contributed by atoms with Gasteiger partial charge in [-0.3, -0.25) is 5.32 Å². The van der Waals surface area contributed by atoms with Gasteiger partial charge in [-0.1, -0.05) is 30.3 Å². The summed E-state index contributed by atoms with van der Waals surface area (Å²) in [6, 6.07) is 9.32. The molecule has 8 nitrogen and oxygen atoms in total. The number of hydrogen-bond acceptors (Lipinski definition) is 2. The molecule has 0 saturated heterocycles. The maximum Gasteiger partial charge on any atom is 0.451 e. The molecule has 18 heavy (non-hydrogen) atoms. The second-order valence-corrected chi connectivity index (χ2v) is 4.54. The molecule has 0 aliphatic rings. The summed E-state index contributed by atoms with van der Waals surface area (Å²) >= 11 is 0. The molecule has 0 heterocycles. The third-order valence-corrected chi connectivity index (χ3v) is 2.24. The summed E-state index contributed by atoms with van der Waals surface area (Å²) in [5, 5.41) is 2.27. The lowest BCUT2D eigenvalue weighted by Gasteiger charge is -2.05. The molecule has 0 unspecified atom stereocenters. The van der Waals surface area contributed by atoms with E-state index in [0.29, 0.717) is 6.54 Å². The third-order valence-electron chi connectivity index (χ3n) is 1.77. The molecule has 0 aliphatic heterocycles.